The normalized spacial score (nSPS) is 15.6. The van der Waals surface area contributed by atoms with Crippen LogP contribution in [0.1, 0.15) is 83.1 Å². The topological polar surface area (TPSA) is 69.6 Å². The van der Waals surface area contributed by atoms with Gasteiger partial charge in [-0.25, -0.2) is 0 Å². The maximum Gasteiger partial charge on any atom is 0.296 e. The molecule has 0 fully saturated rings. The second-order valence-electron chi connectivity index (χ2n) is 8.87. The molecule has 0 saturated heterocycles. The Kier molecular flexibility index (Phi) is 9.42. The number of hydrogen-bond acceptors (Lipinski definition) is 4. The average Bonchev–Trinajstić information content (AvgIpc) is 3.12. The van der Waals surface area contributed by atoms with E-state index in [9.17, 15) is 13.0 Å². The predicted octanol–water partition coefficient (Wildman–Crippen LogP) is 7.00. The van der Waals surface area contributed by atoms with Gasteiger partial charge in [-0.1, -0.05) is 101 Å². The molecule has 2 N–H and O–H groups in total. The van der Waals surface area contributed by atoms with Crippen LogP contribution in [0, 0.1) is 0 Å². The van der Waals surface area contributed by atoms with Crippen LogP contribution in [0.2, 0.25) is 0 Å². The van der Waals surface area contributed by atoms with Crippen molar-refractivity contribution < 1.29 is 13.0 Å². The summed E-state index contributed by atoms with van der Waals surface area (Å²) >= 11 is 0. The fourth-order valence-corrected chi connectivity index (χ4v) is 5.23. The molecule has 1 aliphatic heterocycles. The smallest absolute Gasteiger partial charge is 0.296 e. The second kappa shape index (κ2) is 12.3. The van der Waals surface area contributed by atoms with Crippen molar-refractivity contribution in [3.8, 4) is 0 Å². The lowest BCUT2D eigenvalue weighted by Crippen LogP contribution is -2.35. The third-order valence-electron chi connectivity index (χ3n) is 6.31. The number of anilines is 2. The van der Waals surface area contributed by atoms with Crippen molar-refractivity contribution in [1.82, 2.24) is 0 Å². The lowest BCUT2D eigenvalue weighted by atomic mass is 10.1. The summed E-state index contributed by atoms with van der Waals surface area (Å²) in [6, 6.07) is 15.3. The summed E-state index contributed by atoms with van der Waals surface area (Å²) in [5.74, 6) is 0. The van der Waals surface area contributed by atoms with E-state index in [1.807, 2.05) is 24.3 Å². The van der Waals surface area contributed by atoms with Gasteiger partial charge >= 0.3 is 0 Å². The van der Waals surface area contributed by atoms with Gasteiger partial charge in [0.15, 0.2) is 0 Å². The monoisotopic (exact) mass is 458 g/mol. The van der Waals surface area contributed by atoms with Crippen molar-refractivity contribution in [2.45, 2.75) is 95.2 Å². The summed E-state index contributed by atoms with van der Waals surface area (Å²) in [6.45, 7) is 2.94. The molecule has 1 aliphatic rings. The van der Waals surface area contributed by atoms with Crippen LogP contribution >= 0.6 is 0 Å². The fourth-order valence-electron chi connectivity index (χ4n) is 4.56. The number of rotatable bonds is 14. The van der Waals surface area contributed by atoms with Crippen molar-refractivity contribution in [2.24, 2.45) is 0 Å². The Morgan fingerprint density at radius 2 is 1.47 bits per heavy atom. The van der Waals surface area contributed by atoms with Gasteiger partial charge in [0.1, 0.15) is 4.90 Å². The first-order chi connectivity index (χ1) is 15.5. The quantitative estimate of drug-likeness (QED) is 0.235. The molecule has 1 unspecified atom stereocenters. The summed E-state index contributed by atoms with van der Waals surface area (Å²) < 4.78 is 33.5. The van der Waals surface area contributed by atoms with Crippen LogP contribution in [-0.4, -0.2) is 19.1 Å². The van der Waals surface area contributed by atoms with Gasteiger partial charge in [0.05, 0.1) is 17.5 Å². The molecule has 2 aromatic rings. The van der Waals surface area contributed by atoms with Gasteiger partial charge in [-0.2, -0.15) is 8.42 Å². The largest absolute Gasteiger partial charge is 0.362 e. The summed E-state index contributed by atoms with van der Waals surface area (Å²) in [4.78, 5) is 2.19. The lowest BCUT2D eigenvalue weighted by Gasteiger charge is -2.27. The van der Waals surface area contributed by atoms with Crippen LogP contribution in [0.25, 0.3) is 0 Å². The Hall–Kier alpha value is -2.05. The molecule has 1 atom stereocenters. The van der Waals surface area contributed by atoms with Crippen molar-refractivity contribution in [1.29, 1.82) is 0 Å². The van der Waals surface area contributed by atoms with Crippen LogP contribution in [0.4, 0.5) is 11.4 Å². The summed E-state index contributed by atoms with van der Waals surface area (Å²) in [5.41, 5.74) is 2.52. The van der Waals surface area contributed by atoms with E-state index in [1.165, 1.54) is 69.4 Å². The standard InChI is InChI=1S/C26H38N2O3S/c1-2-3-4-5-6-7-8-9-10-14-20-25-27-26-23(18-15-19-24(26)32(29,30)31)28(25)21-22-16-12-11-13-17-22/h11-13,15-19,25,27H,2-10,14,20-21H2,1H3,(H,29,30,31). The SMILES string of the molecule is CCCCCCCCCCCCC1Nc2c(cccc2S(=O)(=O)O)N1Cc1ccccc1. The number of benzene rings is 2. The van der Waals surface area contributed by atoms with Gasteiger partial charge in [-0.15, -0.1) is 0 Å². The van der Waals surface area contributed by atoms with E-state index in [1.54, 1.807) is 6.07 Å². The van der Waals surface area contributed by atoms with Gasteiger partial charge in [0.25, 0.3) is 10.1 Å². The molecule has 32 heavy (non-hydrogen) atoms. The first kappa shape index (κ1) is 24.6. The molecule has 5 nitrogen and oxygen atoms in total. The third-order valence-corrected chi connectivity index (χ3v) is 7.20. The zero-order chi connectivity index (χ0) is 22.8. The molecule has 0 spiro atoms. The molecule has 1 heterocycles. The predicted molar refractivity (Wildman–Crippen MR) is 133 cm³/mol. The van der Waals surface area contributed by atoms with E-state index in [4.69, 9.17) is 0 Å². The Morgan fingerprint density at radius 1 is 0.844 bits per heavy atom. The second-order valence-corrected chi connectivity index (χ2v) is 10.3. The van der Waals surface area contributed by atoms with Crippen molar-refractivity contribution in [3.63, 3.8) is 0 Å². The molecule has 0 radical (unpaired) electrons. The Labute approximate surface area is 194 Å². The average molecular weight is 459 g/mol. The summed E-state index contributed by atoms with van der Waals surface area (Å²) in [7, 11) is -4.28. The molecular formula is C26H38N2O3S. The van der Waals surface area contributed by atoms with Gasteiger partial charge in [-0.3, -0.25) is 4.55 Å². The van der Waals surface area contributed by atoms with Crippen LogP contribution in [0.5, 0.6) is 0 Å². The maximum absolute atomic E-state index is 11.9. The molecule has 0 aromatic heterocycles. The number of para-hydroxylation sites is 1. The van der Waals surface area contributed by atoms with Crippen molar-refractivity contribution in [2.75, 3.05) is 10.2 Å². The molecule has 0 aliphatic carbocycles. The van der Waals surface area contributed by atoms with E-state index in [0.29, 0.717) is 12.2 Å². The van der Waals surface area contributed by atoms with Crippen LogP contribution in [-0.2, 0) is 16.7 Å². The van der Waals surface area contributed by atoms with E-state index in [2.05, 4.69) is 29.3 Å². The lowest BCUT2D eigenvalue weighted by molar-refractivity contribution is 0.483. The number of fused-ring (bicyclic) bond motifs is 1. The summed E-state index contributed by atoms with van der Waals surface area (Å²) in [5, 5.41) is 3.40. The molecule has 2 aromatic carbocycles. The minimum absolute atomic E-state index is 0.0159. The zero-order valence-electron chi connectivity index (χ0n) is 19.3. The van der Waals surface area contributed by atoms with E-state index in [0.717, 1.165) is 18.5 Å². The van der Waals surface area contributed by atoms with Crippen molar-refractivity contribution in [3.05, 3.63) is 54.1 Å². The minimum atomic E-state index is -4.28. The molecular weight excluding hydrogens is 420 g/mol. The molecule has 176 valence electrons. The Balaban J connectivity index is 1.57. The Morgan fingerprint density at radius 3 is 2.09 bits per heavy atom. The molecule has 0 amide bonds. The van der Waals surface area contributed by atoms with Crippen LogP contribution in [0.15, 0.2) is 53.4 Å². The summed E-state index contributed by atoms with van der Waals surface area (Å²) in [6.07, 6.45) is 13.8. The third kappa shape index (κ3) is 6.97. The molecule has 6 heteroatoms. The highest BCUT2D eigenvalue weighted by molar-refractivity contribution is 7.86. The van der Waals surface area contributed by atoms with Gasteiger partial charge < -0.3 is 10.2 Å². The van der Waals surface area contributed by atoms with E-state index < -0.39 is 10.1 Å². The Bertz CT molecular complexity index is 931. The van der Waals surface area contributed by atoms with E-state index >= 15 is 0 Å². The molecule has 0 bridgehead atoms. The molecule has 0 saturated carbocycles. The number of nitrogens with one attached hydrogen (secondary N) is 1. The number of nitrogens with zero attached hydrogens (tertiary/aromatic N) is 1. The number of unbranched alkanes of at least 4 members (excludes halogenated alkanes) is 9. The van der Waals surface area contributed by atoms with E-state index in [-0.39, 0.29) is 11.1 Å². The van der Waals surface area contributed by atoms with Gasteiger partial charge in [0.2, 0.25) is 0 Å². The minimum Gasteiger partial charge on any atom is -0.362 e. The zero-order valence-corrected chi connectivity index (χ0v) is 20.1. The molecule has 3 rings (SSSR count). The van der Waals surface area contributed by atoms with Crippen LogP contribution in [0.3, 0.4) is 0 Å². The fraction of sp³-hybridized carbons (Fsp3) is 0.538. The highest BCUT2D eigenvalue weighted by Crippen LogP contribution is 2.41. The highest BCUT2D eigenvalue weighted by Gasteiger charge is 2.32. The van der Waals surface area contributed by atoms with Crippen LogP contribution < -0.4 is 10.2 Å². The van der Waals surface area contributed by atoms with Gasteiger partial charge in [-0.05, 0) is 30.5 Å². The first-order valence-electron chi connectivity index (χ1n) is 12.2. The van der Waals surface area contributed by atoms with Crippen molar-refractivity contribution >= 4 is 21.5 Å². The van der Waals surface area contributed by atoms with Gasteiger partial charge in [0, 0.05) is 6.54 Å². The first-order valence-corrected chi connectivity index (χ1v) is 13.6. The number of hydrogen-bond donors (Lipinski definition) is 2. The highest BCUT2D eigenvalue weighted by atomic mass is 32.2. The maximum atomic E-state index is 11.9.